The van der Waals surface area contributed by atoms with E-state index in [0.29, 0.717) is 5.56 Å². The summed E-state index contributed by atoms with van der Waals surface area (Å²) in [6.07, 6.45) is 0. The van der Waals surface area contributed by atoms with Gasteiger partial charge in [0.15, 0.2) is 5.78 Å². The molecule has 1 amide bonds. The highest BCUT2D eigenvalue weighted by molar-refractivity contribution is 9.10. The fraction of sp³-hybridized carbons (Fsp3) is 0.385. The predicted molar refractivity (Wildman–Crippen MR) is 71.1 cm³/mol. The molecule has 0 heterocycles. The van der Waals surface area contributed by atoms with E-state index in [1.54, 1.807) is 12.1 Å². The van der Waals surface area contributed by atoms with E-state index in [9.17, 15) is 9.59 Å². The second kappa shape index (κ2) is 5.96. The lowest BCUT2D eigenvalue weighted by Gasteiger charge is -2.09. The van der Waals surface area contributed by atoms with E-state index in [-0.39, 0.29) is 24.2 Å². The molecule has 92 valence electrons. The second-order valence-electron chi connectivity index (χ2n) is 4.22. The molecule has 0 aliphatic heterocycles. The van der Waals surface area contributed by atoms with Crippen molar-refractivity contribution in [3.05, 3.63) is 33.8 Å². The molecule has 1 rings (SSSR count). The molecule has 1 N–H and O–H groups in total. The smallest absolute Gasteiger partial charge is 0.251 e. The van der Waals surface area contributed by atoms with Gasteiger partial charge in [0, 0.05) is 16.0 Å². The molecule has 1 aromatic carbocycles. The first-order valence-electron chi connectivity index (χ1n) is 5.49. The molecule has 0 aromatic heterocycles. The Labute approximate surface area is 110 Å². The van der Waals surface area contributed by atoms with Crippen molar-refractivity contribution in [2.45, 2.75) is 20.8 Å². The van der Waals surface area contributed by atoms with E-state index in [1.165, 1.54) is 0 Å². The molecule has 0 radical (unpaired) electrons. The first-order valence-corrected chi connectivity index (χ1v) is 6.28. The van der Waals surface area contributed by atoms with Gasteiger partial charge in [0.1, 0.15) is 0 Å². The van der Waals surface area contributed by atoms with Gasteiger partial charge in [-0.3, -0.25) is 9.59 Å². The van der Waals surface area contributed by atoms with Crippen molar-refractivity contribution < 1.29 is 9.59 Å². The molecule has 0 aliphatic rings. The SMILES string of the molecule is Cc1c(Br)cccc1C(=O)NCC(=O)C(C)C. The number of rotatable bonds is 4. The summed E-state index contributed by atoms with van der Waals surface area (Å²) in [4.78, 5) is 23.3. The molecule has 0 aliphatic carbocycles. The molecule has 3 nitrogen and oxygen atoms in total. The molecule has 0 unspecified atom stereocenters. The van der Waals surface area contributed by atoms with Crippen molar-refractivity contribution in [2.24, 2.45) is 5.92 Å². The number of ketones is 1. The second-order valence-corrected chi connectivity index (χ2v) is 5.07. The van der Waals surface area contributed by atoms with Crippen molar-refractivity contribution in [1.82, 2.24) is 5.32 Å². The fourth-order valence-corrected chi connectivity index (χ4v) is 1.69. The number of benzene rings is 1. The van der Waals surface area contributed by atoms with Crippen molar-refractivity contribution in [3.8, 4) is 0 Å². The quantitative estimate of drug-likeness (QED) is 0.929. The average molecular weight is 298 g/mol. The van der Waals surface area contributed by atoms with E-state index in [2.05, 4.69) is 21.2 Å². The summed E-state index contributed by atoms with van der Waals surface area (Å²) >= 11 is 3.37. The highest BCUT2D eigenvalue weighted by atomic mass is 79.9. The lowest BCUT2D eigenvalue weighted by Crippen LogP contribution is -2.31. The number of carbonyl (C=O) groups is 2. The molecule has 0 fully saturated rings. The first kappa shape index (κ1) is 13.9. The van der Waals surface area contributed by atoms with Gasteiger partial charge in [0.05, 0.1) is 6.54 Å². The Morgan fingerprint density at radius 3 is 2.59 bits per heavy atom. The summed E-state index contributed by atoms with van der Waals surface area (Å²) in [5, 5.41) is 2.64. The number of hydrogen-bond acceptors (Lipinski definition) is 2. The summed E-state index contributed by atoms with van der Waals surface area (Å²) in [5.41, 5.74) is 1.47. The van der Waals surface area contributed by atoms with E-state index in [4.69, 9.17) is 0 Å². The Morgan fingerprint density at radius 1 is 1.35 bits per heavy atom. The lowest BCUT2D eigenvalue weighted by atomic mass is 10.1. The van der Waals surface area contributed by atoms with Crippen LogP contribution in [0.1, 0.15) is 29.8 Å². The molecular formula is C13H16BrNO2. The lowest BCUT2D eigenvalue weighted by molar-refractivity contribution is -0.120. The van der Waals surface area contributed by atoms with Crippen LogP contribution in [0.5, 0.6) is 0 Å². The van der Waals surface area contributed by atoms with Gasteiger partial charge in [0.25, 0.3) is 5.91 Å². The molecule has 0 spiro atoms. The summed E-state index contributed by atoms with van der Waals surface area (Å²) in [6.45, 7) is 5.59. The summed E-state index contributed by atoms with van der Waals surface area (Å²) in [6, 6.07) is 5.43. The van der Waals surface area contributed by atoms with Gasteiger partial charge in [-0.25, -0.2) is 0 Å². The van der Waals surface area contributed by atoms with Gasteiger partial charge in [-0.05, 0) is 24.6 Å². The fourth-order valence-electron chi connectivity index (χ4n) is 1.32. The average Bonchev–Trinajstić information content (AvgIpc) is 2.29. The largest absolute Gasteiger partial charge is 0.345 e. The third-order valence-electron chi connectivity index (χ3n) is 2.58. The maximum atomic E-state index is 11.9. The van der Waals surface area contributed by atoms with Gasteiger partial charge < -0.3 is 5.32 Å². The van der Waals surface area contributed by atoms with Crippen LogP contribution >= 0.6 is 15.9 Å². The molecule has 0 saturated carbocycles. The van der Waals surface area contributed by atoms with Crippen LogP contribution in [0.2, 0.25) is 0 Å². The van der Waals surface area contributed by atoms with E-state index in [0.717, 1.165) is 10.0 Å². The Hall–Kier alpha value is -1.16. The maximum Gasteiger partial charge on any atom is 0.251 e. The van der Waals surface area contributed by atoms with Gasteiger partial charge in [-0.1, -0.05) is 35.8 Å². The minimum atomic E-state index is -0.210. The van der Waals surface area contributed by atoms with Crippen molar-refractivity contribution in [3.63, 3.8) is 0 Å². The van der Waals surface area contributed by atoms with Crippen molar-refractivity contribution >= 4 is 27.6 Å². The molecule has 4 heteroatoms. The highest BCUT2D eigenvalue weighted by Crippen LogP contribution is 2.19. The van der Waals surface area contributed by atoms with E-state index >= 15 is 0 Å². The standard InChI is InChI=1S/C13H16BrNO2/c1-8(2)12(16)7-15-13(17)10-5-4-6-11(14)9(10)3/h4-6,8H,7H2,1-3H3,(H,15,17). The van der Waals surface area contributed by atoms with Crippen LogP contribution in [0, 0.1) is 12.8 Å². The van der Waals surface area contributed by atoms with Gasteiger partial charge in [-0.15, -0.1) is 0 Å². The zero-order chi connectivity index (χ0) is 13.0. The predicted octanol–water partition coefficient (Wildman–Crippen LogP) is 2.71. The van der Waals surface area contributed by atoms with Crippen LogP contribution in [0.25, 0.3) is 0 Å². The first-order chi connectivity index (χ1) is 7.93. The zero-order valence-corrected chi connectivity index (χ0v) is 11.8. The van der Waals surface area contributed by atoms with Gasteiger partial charge in [0.2, 0.25) is 0 Å². The van der Waals surface area contributed by atoms with Gasteiger partial charge in [-0.2, -0.15) is 0 Å². The Morgan fingerprint density at radius 2 is 2.00 bits per heavy atom. The Bertz CT molecular complexity index is 441. The summed E-state index contributed by atoms with van der Waals surface area (Å²) in [7, 11) is 0. The number of amides is 1. The van der Waals surface area contributed by atoms with Crippen molar-refractivity contribution in [1.29, 1.82) is 0 Å². The summed E-state index contributed by atoms with van der Waals surface area (Å²) < 4.78 is 0.889. The molecular weight excluding hydrogens is 282 g/mol. The van der Waals surface area contributed by atoms with Crippen LogP contribution in [-0.4, -0.2) is 18.2 Å². The van der Waals surface area contributed by atoms with E-state index < -0.39 is 0 Å². The van der Waals surface area contributed by atoms with E-state index in [1.807, 2.05) is 26.8 Å². The molecule has 0 saturated heterocycles. The monoisotopic (exact) mass is 297 g/mol. The number of halogens is 1. The number of hydrogen-bond donors (Lipinski definition) is 1. The molecule has 1 aromatic rings. The topological polar surface area (TPSA) is 46.2 Å². The normalized spacial score (nSPS) is 10.4. The van der Waals surface area contributed by atoms with Crippen LogP contribution in [0.3, 0.4) is 0 Å². The third kappa shape index (κ3) is 3.66. The minimum Gasteiger partial charge on any atom is -0.345 e. The van der Waals surface area contributed by atoms with Crippen LogP contribution < -0.4 is 5.32 Å². The zero-order valence-electron chi connectivity index (χ0n) is 10.2. The number of Topliss-reactive ketones (excluding diaryl/α,β-unsaturated/α-hetero) is 1. The minimum absolute atomic E-state index is 0.0333. The number of carbonyl (C=O) groups excluding carboxylic acids is 2. The van der Waals surface area contributed by atoms with Crippen LogP contribution in [0.15, 0.2) is 22.7 Å². The molecule has 0 atom stereocenters. The Balaban J connectivity index is 2.71. The summed E-state index contributed by atoms with van der Waals surface area (Å²) in [5.74, 6) is -0.234. The highest BCUT2D eigenvalue weighted by Gasteiger charge is 2.13. The van der Waals surface area contributed by atoms with Crippen LogP contribution in [-0.2, 0) is 4.79 Å². The van der Waals surface area contributed by atoms with Crippen molar-refractivity contribution in [2.75, 3.05) is 6.54 Å². The number of nitrogens with one attached hydrogen (secondary N) is 1. The van der Waals surface area contributed by atoms with Crippen LogP contribution in [0.4, 0.5) is 0 Å². The molecule has 0 bridgehead atoms. The Kier molecular flexibility index (Phi) is 4.87. The third-order valence-corrected chi connectivity index (χ3v) is 3.44. The molecule has 17 heavy (non-hydrogen) atoms. The maximum absolute atomic E-state index is 11.9. The van der Waals surface area contributed by atoms with Gasteiger partial charge >= 0.3 is 0 Å².